The average molecular weight is 420 g/mol. The number of halogens is 2. The van der Waals surface area contributed by atoms with E-state index >= 15 is 0 Å². The Balaban J connectivity index is 1.64. The van der Waals surface area contributed by atoms with E-state index in [0.717, 1.165) is 0 Å². The second kappa shape index (κ2) is 8.63. The summed E-state index contributed by atoms with van der Waals surface area (Å²) < 4.78 is 0. The third-order valence-electron chi connectivity index (χ3n) is 4.39. The summed E-state index contributed by atoms with van der Waals surface area (Å²) >= 11 is 12.0. The Labute approximate surface area is 173 Å². The van der Waals surface area contributed by atoms with E-state index in [9.17, 15) is 14.4 Å². The maximum atomic E-state index is 12.7. The summed E-state index contributed by atoms with van der Waals surface area (Å²) in [4.78, 5) is 40.0. The van der Waals surface area contributed by atoms with Gasteiger partial charge in [0.05, 0.1) is 0 Å². The van der Waals surface area contributed by atoms with E-state index in [0.29, 0.717) is 53.0 Å². The van der Waals surface area contributed by atoms with Crippen molar-refractivity contribution in [3.8, 4) is 0 Å². The second-order valence-electron chi connectivity index (χ2n) is 6.50. The topological polar surface area (TPSA) is 69.7 Å². The Kier molecular flexibility index (Phi) is 6.21. The van der Waals surface area contributed by atoms with Gasteiger partial charge >= 0.3 is 0 Å². The van der Waals surface area contributed by atoms with Gasteiger partial charge in [-0.3, -0.25) is 14.4 Å². The molecule has 28 heavy (non-hydrogen) atoms. The number of hydrogen-bond acceptors (Lipinski definition) is 3. The van der Waals surface area contributed by atoms with Crippen LogP contribution in [0.5, 0.6) is 0 Å². The van der Waals surface area contributed by atoms with Gasteiger partial charge in [-0.2, -0.15) is 0 Å². The number of anilines is 1. The summed E-state index contributed by atoms with van der Waals surface area (Å²) in [5.74, 6) is -0.493. The van der Waals surface area contributed by atoms with Crippen molar-refractivity contribution >= 4 is 46.6 Å². The van der Waals surface area contributed by atoms with Crippen LogP contribution in [0.1, 0.15) is 27.6 Å². The van der Waals surface area contributed by atoms with Crippen molar-refractivity contribution in [3.63, 3.8) is 0 Å². The number of nitrogens with one attached hydrogen (secondary N) is 1. The molecule has 2 aromatic carbocycles. The van der Waals surface area contributed by atoms with Gasteiger partial charge in [-0.15, -0.1) is 0 Å². The van der Waals surface area contributed by atoms with Crippen molar-refractivity contribution in [2.24, 2.45) is 0 Å². The molecule has 0 atom stereocenters. The Morgan fingerprint density at radius 3 is 1.89 bits per heavy atom. The molecule has 1 aliphatic rings. The van der Waals surface area contributed by atoms with Gasteiger partial charge in [0.25, 0.3) is 11.8 Å². The van der Waals surface area contributed by atoms with Crippen LogP contribution in [0.4, 0.5) is 5.69 Å². The number of hydrogen-bond donors (Lipinski definition) is 1. The van der Waals surface area contributed by atoms with Crippen molar-refractivity contribution in [2.75, 3.05) is 31.5 Å². The fraction of sp³-hybridized carbons (Fsp3) is 0.250. The Hall–Kier alpha value is -2.57. The summed E-state index contributed by atoms with van der Waals surface area (Å²) in [6.07, 6.45) is 0. The maximum absolute atomic E-state index is 12.7. The summed E-state index contributed by atoms with van der Waals surface area (Å²) in [5.41, 5.74) is 1.50. The Morgan fingerprint density at radius 1 is 0.821 bits per heavy atom. The Morgan fingerprint density at radius 2 is 1.36 bits per heavy atom. The van der Waals surface area contributed by atoms with Gasteiger partial charge in [0, 0.05) is 60.0 Å². The molecule has 1 heterocycles. The van der Waals surface area contributed by atoms with E-state index in [4.69, 9.17) is 23.2 Å². The molecule has 146 valence electrons. The molecular weight excluding hydrogens is 401 g/mol. The van der Waals surface area contributed by atoms with Crippen LogP contribution >= 0.6 is 23.2 Å². The molecule has 0 aromatic heterocycles. The smallest absolute Gasteiger partial charge is 0.254 e. The second-order valence-corrected chi connectivity index (χ2v) is 7.38. The number of carbonyl (C=O) groups excluding carboxylic acids is 3. The zero-order chi connectivity index (χ0) is 20.3. The first-order valence-corrected chi connectivity index (χ1v) is 9.51. The van der Waals surface area contributed by atoms with E-state index in [1.54, 1.807) is 52.3 Å². The lowest BCUT2D eigenvalue weighted by atomic mass is 10.1. The molecule has 1 aliphatic heterocycles. The minimum absolute atomic E-state index is 0.134. The van der Waals surface area contributed by atoms with Gasteiger partial charge in [-0.05, 0) is 36.4 Å². The zero-order valence-electron chi connectivity index (χ0n) is 15.2. The van der Waals surface area contributed by atoms with Gasteiger partial charge in [-0.25, -0.2) is 0 Å². The van der Waals surface area contributed by atoms with Crippen molar-refractivity contribution in [3.05, 3.63) is 63.6 Å². The van der Waals surface area contributed by atoms with Crippen molar-refractivity contribution in [2.45, 2.75) is 6.92 Å². The molecule has 0 bridgehead atoms. The lowest BCUT2D eigenvalue weighted by Gasteiger charge is -2.35. The van der Waals surface area contributed by atoms with Crippen molar-refractivity contribution in [1.29, 1.82) is 0 Å². The maximum Gasteiger partial charge on any atom is 0.254 e. The molecule has 6 nitrogen and oxygen atoms in total. The van der Waals surface area contributed by atoms with Crippen LogP contribution in [-0.2, 0) is 4.79 Å². The monoisotopic (exact) mass is 419 g/mol. The quantitative estimate of drug-likeness (QED) is 0.826. The first-order valence-electron chi connectivity index (χ1n) is 8.76. The minimum Gasteiger partial charge on any atom is -0.335 e. The molecular formula is C20H19Cl2N3O3. The molecule has 1 saturated heterocycles. The van der Waals surface area contributed by atoms with E-state index in [1.807, 2.05) is 0 Å². The number of amides is 3. The lowest BCUT2D eigenvalue weighted by molar-refractivity contribution is -0.114. The molecule has 1 N–H and O–H groups in total. The van der Waals surface area contributed by atoms with Gasteiger partial charge in [0.15, 0.2) is 0 Å². The van der Waals surface area contributed by atoms with Gasteiger partial charge < -0.3 is 15.1 Å². The summed E-state index contributed by atoms with van der Waals surface area (Å²) in [6.45, 7) is 3.09. The number of piperazine rings is 1. The van der Waals surface area contributed by atoms with Crippen LogP contribution in [-0.4, -0.2) is 53.7 Å². The first kappa shape index (κ1) is 20.2. The fourth-order valence-electron chi connectivity index (χ4n) is 3.09. The van der Waals surface area contributed by atoms with Crippen LogP contribution < -0.4 is 5.32 Å². The van der Waals surface area contributed by atoms with Crippen LogP contribution in [0.15, 0.2) is 42.5 Å². The SMILES string of the molecule is CC(=O)Nc1cccc(C(=O)N2CCN(C(=O)c3cc(Cl)cc(Cl)c3)CC2)c1. The third-order valence-corrected chi connectivity index (χ3v) is 4.83. The highest BCUT2D eigenvalue weighted by Crippen LogP contribution is 2.21. The number of carbonyl (C=O) groups is 3. The van der Waals surface area contributed by atoms with Crippen molar-refractivity contribution in [1.82, 2.24) is 9.80 Å². The van der Waals surface area contributed by atoms with E-state index in [-0.39, 0.29) is 17.7 Å². The van der Waals surface area contributed by atoms with Crippen LogP contribution in [0.3, 0.4) is 0 Å². The fourth-order valence-corrected chi connectivity index (χ4v) is 3.61. The average Bonchev–Trinajstić information content (AvgIpc) is 2.66. The van der Waals surface area contributed by atoms with Gasteiger partial charge in [-0.1, -0.05) is 29.3 Å². The van der Waals surface area contributed by atoms with E-state index in [1.165, 1.54) is 6.92 Å². The largest absolute Gasteiger partial charge is 0.335 e. The van der Waals surface area contributed by atoms with Crippen LogP contribution in [0, 0.1) is 0 Å². The zero-order valence-corrected chi connectivity index (χ0v) is 16.8. The normalized spacial score (nSPS) is 14.0. The highest BCUT2D eigenvalue weighted by Gasteiger charge is 2.26. The highest BCUT2D eigenvalue weighted by atomic mass is 35.5. The van der Waals surface area contributed by atoms with E-state index < -0.39 is 0 Å². The lowest BCUT2D eigenvalue weighted by Crippen LogP contribution is -2.50. The standard InChI is InChI=1S/C20H19Cl2N3O3/c1-13(26)23-18-4-2-3-14(11-18)19(27)24-5-7-25(8-6-24)20(28)15-9-16(21)12-17(22)10-15/h2-4,9-12H,5-8H2,1H3,(H,23,26). The van der Waals surface area contributed by atoms with E-state index in [2.05, 4.69) is 5.32 Å². The number of rotatable bonds is 3. The highest BCUT2D eigenvalue weighted by molar-refractivity contribution is 6.35. The van der Waals surface area contributed by atoms with Gasteiger partial charge in [0.2, 0.25) is 5.91 Å². The third kappa shape index (κ3) is 4.82. The summed E-state index contributed by atoms with van der Waals surface area (Å²) in [6, 6.07) is 11.5. The molecule has 0 unspecified atom stereocenters. The number of nitrogens with zero attached hydrogens (tertiary/aromatic N) is 2. The van der Waals surface area contributed by atoms with Crippen molar-refractivity contribution < 1.29 is 14.4 Å². The molecule has 8 heteroatoms. The van der Waals surface area contributed by atoms with Crippen LogP contribution in [0.25, 0.3) is 0 Å². The first-order chi connectivity index (χ1) is 13.3. The molecule has 0 radical (unpaired) electrons. The van der Waals surface area contributed by atoms with Crippen LogP contribution in [0.2, 0.25) is 10.0 Å². The Bertz CT molecular complexity index is 904. The molecule has 3 amide bonds. The molecule has 0 aliphatic carbocycles. The molecule has 2 aromatic rings. The number of benzene rings is 2. The molecule has 0 spiro atoms. The van der Waals surface area contributed by atoms with Gasteiger partial charge in [0.1, 0.15) is 0 Å². The molecule has 3 rings (SSSR count). The predicted octanol–water partition coefficient (Wildman–Crippen LogP) is 3.55. The summed E-state index contributed by atoms with van der Waals surface area (Å²) in [7, 11) is 0. The molecule has 0 saturated carbocycles. The minimum atomic E-state index is -0.196. The molecule has 1 fully saturated rings. The predicted molar refractivity (Wildman–Crippen MR) is 109 cm³/mol. The summed E-state index contributed by atoms with van der Waals surface area (Å²) in [5, 5.41) is 3.48.